The standard InChI is InChI=1S/C34H46N4O5S/c1-23(2)37-17-19-42-20-18-38(24(3)4)44(41)35-34(40)26-15-16-27-29(21-26)36(5)33(32(27)25-11-7-6-8-12-25)28-13-9-10-14-30(28)43-22-31(37)39/h9-10,13-16,21,23-25H,6-8,11-12,17-20,22H2,1-5H3,(H,35,40). The molecule has 1 aromatic heterocycles. The molecule has 10 heteroatoms. The van der Waals surface area contributed by atoms with E-state index in [9.17, 15) is 13.8 Å². The number of rotatable bonds is 3. The van der Waals surface area contributed by atoms with Crippen LogP contribution in [0.2, 0.25) is 0 Å². The highest BCUT2D eigenvalue weighted by molar-refractivity contribution is 7.81. The van der Waals surface area contributed by atoms with Crippen molar-refractivity contribution in [2.45, 2.75) is 77.8 Å². The first kappa shape index (κ1) is 32.2. The van der Waals surface area contributed by atoms with Gasteiger partial charge in [-0.1, -0.05) is 37.5 Å². The second-order valence-corrected chi connectivity index (χ2v) is 13.6. The maximum atomic E-state index is 13.4. The summed E-state index contributed by atoms with van der Waals surface area (Å²) in [6.07, 6.45) is 5.81. The number of aryl methyl sites for hydroxylation is 1. The monoisotopic (exact) mass is 622 g/mol. The molecule has 3 bridgehead atoms. The number of para-hydroxylation sites is 1. The van der Waals surface area contributed by atoms with Crippen LogP contribution in [0.25, 0.3) is 22.2 Å². The van der Waals surface area contributed by atoms with E-state index in [4.69, 9.17) is 9.47 Å². The lowest BCUT2D eigenvalue weighted by Crippen LogP contribution is -2.44. The Morgan fingerprint density at radius 1 is 0.932 bits per heavy atom. The number of nitrogens with zero attached hydrogens (tertiary/aromatic N) is 3. The van der Waals surface area contributed by atoms with Crippen molar-refractivity contribution >= 4 is 33.9 Å². The summed E-state index contributed by atoms with van der Waals surface area (Å²) in [6.45, 7) is 9.18. The molecule has 0 spiro atoms. The summed E-state index contributed by atoms with van der Waals surface area (Å²) in [4.78, 5) is 28.6. The Morgan fingerprint density at radius 3 is 2.39 bits per heavy atom. The van der Waals surface area contributed by atoms with Crippen molar-refractivity contribution in [3.8, 4) is 17.0 Å². The molecule has 5 rings (SSSR count). The number of hydrogen-bond acceptors (Lipinski definition) is 5. The Balaban J connectivity index is 1.63. The van der Waals surface area contributed by atoms with Gasteiger partial charge < -0.3 is 18.9 Å². The summed E-state index contributed by atoms with van der Waals surface area (Å²) in [5.41, 5.74) is 4.61. The Labute approximate surface area is 263 Å². The van der Waals surface area contributed by atoms with Crippen LogP contribution in [0.4, 0.5) is 0 Å². The quantitative estimate of drug-likeness (QED) is 0.413. The molecule has 1 saturated carbocycles. The second kappa shape index (κ2) is 14.3. The van der Waals surface area contributed by atoms with Crippen LogP contribution in [-0.4, -0.2) is 74.8 Å². The number of carbonyl (C=O) groups is 2. The molecule has 0 saturated heterocycles. The van der Waals surface area contributed by atoms with Crippen LogP contribution in [0.5, 0.6) is 5.75 Å². The number of ether oxygens (including phenoxy) is 2. The first-order valence-corrected chi connectivity index (χ1v) is 17.0. The number of nitrogens with one attached hydrogen (secondary N) is 1. The van der Waals surface area contributed by atoms with E-state index >= 15 is 0 Å². The second-order valence-electron chi connectivity index (χ2n) is 12.4. The van der Waals surface area contributed by atoms with E-state index in [1.807, 2.05) is 71.1 Å². The van der Waals surface area contributed by atoms with Crippen molar-refractivity contribution in [1.82, 2.24) is 18.5 Å². The fourth-order valence-electron chi connectivity index (χ4n) is 6.57. The average Bonchev–Trinajstić information content (AvgIpc) is 3.30. The molecule has 238 valence electrons. The first-order chi connectivity index (χ1) is 21.2. The lowest BCUT2D eigenvalue weighted by molar-refractivity contribution is -0.135. The number of hydrogen-bond donors (Lipinski definition) is 1. The normalized spacial score (nSPS) is 20.3. The fourth-order valence-corrected chi connectivity index (χ4v) is 7.58. The molecule has 1 fully saturated rings. The summed E-state index contributed by atoms with van der Waals surface area (Å²) in [6, 6.07) is 13.6. The topological polar surface area (TPSA) is 93.1 Å². The van der Waals surface area contributed by atoms with Crippen molar-refractivity contribution < 1.29 is 23.3 Å². The van der Waals surface area contributed by atoms with Gasteiger partial charge in [0.15, 0.2) is 17.8 Å². The lowest BCUT2D eigenvalue weighted by Gasteiger charge is -2.28. The predicted molar refractivity (Wildman–Crippen MR) is 175 cm³/mol. The molecule has 1 aliphatic heterocycles. The van der Waals surface area contributed by atoms with Crippen molar-refractivity contribution in [2.75, 3.05) is 32.9 Å². The lowest BCUT2D eigenvalue weighted by atomic mass is 9.81. The van der Waals surface area contributed by atoms with Gasteiger partial charge >= 0.3 is 0 Å². The molecule has 2 aromatic carbocycles. The van der Waals surface area contributed by atoms with Gasteiger partial charge in [-0.2, -0.15) is 0 Å². The molecule has 2 heterocycles. The highest BCUT2D eigenvalue weighted by Crippen LogP contribution is 2.45. The van der Waals surface area contributed by atoms with Gasteiger partial charge in [-0.25, -0.2) is 8.51 Å². The molecule has 2 amide bonds. The maximum Gasteiger partial charge on any atom is 0.264 e. The third kappa shape index (κ3) is 6.87. The first-order valence-electron chi connectivity index (χ1n) is 15.9. The molecule has 1 unspecified atom stereocenters. The number of amides is 2. The van der Waals surface area contributed by atoms with Crippen LogP contribution < -0.4 is 9.46 Å². The van der Waals surface area contributed by atoms with Gasteiger partial charge in [0.05, 0.1) is 18.9 Å². The van der Waals surface area contributed by atoms with E-state index in [1.54, 1.807) is 9.21 Å². The summed E-state index contributed by atoms with van der Waals surface area (Å²) in [7, 11) is 2.03. The molecule has 44 heavy (non-hydrogen) atoms. The van der Waals surface area contributed by atoms with E-state index < -0.39 is 11.2 Å². The van der Waals surface area contributed by atoms with E-state index in [0.29, 0.717) is 43.5 Å². The van der Waals surface area contributed by atoms with Gasteiger partial charge in [-0.3, -0.25) is 14.3 Å². The van der Waals surface area contributed by atoms with Gasteiger partial charge in [0.25, 0.3) is 11.8 Å². The van der Waals surface area contributed by atoms with Crippen molar-refractivity contribution in [2.24, 2.45) is 7.05 Å². The molecule has 1 atom stereocenters. The van der Waals surface area contributed by atoms with E-state index in [-0.39, 0.29) is 30.5 Å². The van der Waals surface area contributed by atoms with Crippen LogP contribution in [0.1, 0.15) is 81.6 Å². The van der Waals surface area contributed by atoms with Gasteiger partial charge in [-0.05, 0) is 76.3 Å². The molecule has 1 aliphatic carbocycles. The Kier molecular flexibility index (Phi) is 10.4. The summed E-state index contributed by atoms with van der Waals surface area (Å²) in [5, 5.41) is 1.11. The van der Waals surface area contributed by atoms with Crippen molar-refractivity contribution in [1.29, 1.82) is 0 Å². The average molecular weight is 623 g/mol. The smallest absolute Gasteiger partial charge is 0.264 e. The summed E-state index contributed by atoms with van der Waals surface area (Å²) < 4.78 is 32.0. The number of benzene rings is 2. The Morgan fingerprint density at radius 2 is 1.66 bits per heavy atom. The van der Waals surface area contributed by atoms with Gasteiger partial charge in [0.1, 0.15) is 5.75 Å². The summed E-state index contributed by atoms with van der Waals surface area (Å²) >= 11 is -1.75. The minimum atomic E-state index is -1.75. The molecule has 2 aliphatic rings. The van der Waals surface area contributed by atoms with Crippen LogP contribution in [0.3, 0.4) is 0 Å². The number of aromatic nitrogens is 1. The molecule has 0 radical (unpaired) electrons. The highest BCUT2D eigenvalue weighted by Gasteiger charge is 2.28. The fraction of sp³-hybridized carbons (Fsp3) is 0.529. The van der Waals surface area contributed by atoms with E-state index in [0.717, 1.165) is 35.0 Å². The van der Waals surface area contributed by atoms with Crippen molar-refractivity contribution in [3.63, 3.8) is 0 Å². The highest BCUT2D eigenvalue weighted by atomic mass is 32.2. The Hall–Kier alpha value is -3.21. The third-order valence-electron chi connectivity index (χ3n) is 8.85. The minimum absolute atomic E-state index is 0.0250. The van der Waals surface area contributed by atoms with Crippen LogP contribution in [-0.2, 0) is 27.8 Å². The Bertz CT molecular complexity index is 1510. The van der Waals surface area contributed by atoms with E-state index in [1.165, 1.54) is 24.8 Å². The SMILES string of the molecule is CC(C)N1CCOCCN(C(C)C)S(=O)NC(=O)c2ccc3c(C4CCCCC4)c(n(C)c3c2)-c2ccccc2OCC1=O. The third-order valence-corrected chi connectivity index (χ3v) is 10.2. The zero-order valence-corrected chi connectivity index (χ0v) is 27.5. The van der Waals surface area contributed by atoms with Crippen LogP contribution >= 0.6 is 0 Å². The molecular formula is C34H46N4O5S. The molecular weight excluding hydrogens is 576 g/mol. The number of fused-ring (bicyclic) bond motifs is 4. The molecule has 9 nitrogen and oxygen atoms in total. The zero-order chi connectivity index (χ0) is 31.4. The minimum Gasteiger partial charge on any atom is -0.483 e. The maximum absolute atomic E-state index is 13.4. The van der Waals surface area contributed by atoms with Crippen LogP contribution in [0, 0.1) is 0 Å². The number of carbonyl (C=O) groups excluding carboxylic acids is 2. The van der Waals surface area contributed by atoms with E-state index in [2.05, 4.69) is 15.4 Å². The zero-order valence-electron chi connectivity index (χ0n) is 26.6. The van der Waals surface area contributed by atoms with Crippen LogP contribution in [0.15, 0.2) is 42.5 Å². The van der Waals surface area contributed by atoms with Crippen molar-refractivity contribution in [3.05, 3.63) is 53.6 Å². The van der Waals surface area contributed by atoms with Gasteiger partial charge in [0.2, 0.25) is 0 Å². The predicted octanol–water partition coefficient (Wildman–Crippen LogP) is 5.56. The van der Waals surface area contributed by atoms with Gasteiger partial charge in [0, 0.05) is 54.3 Å². The largest absolute Gasteiger partial charge is 0.483 e. The van der Waals surface area contributed by atoms with Gasteiger partial charge in [-0.15, -0.1) is 0 Å². The summed E-state index contributed by atoms with van der Waals surface area (Å²) in [5.74, 6) is 0.542. The molecule has 1 N–H and O–H groups in total. The molecule has 3 aromatic rings.